The molecule has 30 heavy (non-hydrogen) atoms. The van der Waals surface area contributed by atoms with Gasteiger partial charge in [0.05, 0.1) is 12.8 Å². The van der Waals surface area contributed by atoms with Crippen LogP contribution < -0.4 is 10.1 Å². The Hall–Kier alpha value is -2.80. The van der Waals surface area contributed by atoms with Crippen LogP contribution in [-0.2, 0) is 9.53 Å². The Labute approximate surface area is 182 Å². The van der Waals surface area contributed by atoms with Crippen LogP contribution in [0.3, 0.4) is 0 Å². The quantitative estimate of drug-likeness (QED) is 0.646. The number of carbonyl (C=O) groups is 2. The van der Waals surface area contributed by atoms with E-state index in [1.54, 1.807) is 39.2 Å². The second kappa shape index (κ2) is 9.80. The van der Waals surface area contributed by atoms with Gasteiger partial charge < -0.3 is 19.7 Å². The molecule has 1 aromatic heterocycles. The van der Waals surface area contributed by atoms with Crippen LogP contribution in [0.2, 0.25) is 5.02 Å². The van der Waals surface area contributed by atoms with E-state index in [2.05, 4.69) is 10.3 Å². The molecule has 1 amide bonds. The molecule has 2 aromatic rings. The lowest BCUT2D eigenvalue weighted by Gasteiger charge is -2.23. The summed E-state index contributed by atoms with van der Waals surface area (Å²) in [5.74, 6) is -0.0545. The van der Waals surface area contributed by atoms with Gasteiger partial charge in [-0.3, -0.25) is 4.79 Å². The topological polar surface area (TPSA) is 80.8 Å². The minimum absolute atomic E-state index is 0.102. The van der Waals surface area contributed by atoms with E-state index < -0.39 is 12.0 Å². The lowest BCUT2D eigenvalue weighted by atomic mass is 10.1. The van der Waals surface area contributed by atoms with Gasteiger partial charge in [0.25, 0.3) is 0 Å². The van der Waals surface area contributed by atoms with E-state index in [0.717, 1.165) is 11.1 Å². The molecule has 1 heterocycles. The van der Waals surface area contributed by atoms with Gasteiger partial charge in [-0.2, -0.15) is 0 Å². The number of ether oxygens (including phenoxy) is 2. The number of carbonyl (C=O) groups excluding carboxylic acids is 2. The Balaban J connectivity index is 2.59. The van der Waals surface area contributed by atoms with E-state index in [1.165, 1.54) is 12.0 Å². The van der Waals surface area contributed by atoms with E-state index in [-0.39, 0.29) is 17.4 Å². The van der Waals surface area contributed by atoms with E-state index in [1.807, 2.05) is 20.8 Å². The summed E-state index contributed by atoms with van der Waals surface area (Å²) in [6.45, 7) is 7.41. The third-order valence-corrected chi connectivity index (χ3v) is 4.82. The summed E-state index contributed by atoms with van der Waals surface area (Å²) >= 11 is 6.12. The van der Waals surface area contributed by atoms with Gasteiger partial charge in [-0.05, 0) is 56.5 Å². The molecule has 0 aliphatic rings. The van der Waals surface area contributed by atoms with Crippen molar-refractivity contribution in [2.24, 2.45) is 0 Å². The number of hydrogen-bond acceptors (Lipinski definition) is 6. The lowest BCUT2D eigenvalue weighted by molar-refractivity contribution is -0.129. The number of anilines is 1. The Bertz CT molecular complexity index is 937. The van der Waals surface area contributed by atoms with Crippen molar-refractivity contribution >= 4 is 29.2 Å². The SMILES string of the molecule is CCC(Nc1cc(C)nc(Oc2c(C)cc(Cl)cc2C)c1C(=O)OC)C(=O)N(C)C. The number of nitrogens with zero attached hydrogens (tertiary/aromatic N) is 2. The number of halogens is 1. The van der Waals surface area contributed by atoms with Crippen molar-refractivity contribution in [2.75, 3.05) is 26.5 Å². The van der Waals surface area contributed by atoms with E-state index in [0.29, 0.717) is 28.6 Å². The maximum Gasteiger partial charge on any atom is 0.345 e. The lowest BCUT2D eigenvalue weighted by Crippen LogP contribution is -2.38. The van der Waals surface area contributed by atoms with Crippen molar-refractivity contribution in [3.63, 3.8) is 0 Å². The fraction of sp³-hybridized carbons (Fsp3) is 0.409. The molecule has 7 nitrogen and oxygen atoms in total. The smallest absolute Gasteiger partial charge is 0.345 e. The van der Waals surface area contributed by atoms with Crippen LogP contribution in [0.5, 0.6) is 11.6 Å². The van der Waals surface area contributed by atoms with Gasteiger partial charge in [0.2, 0.25) is 11.8 Å². The molecule has 0 radical (unpaired) electrons. The second-order valence-electron chi connectivity index (χ2n) is 7.29. The Kier molecular flexibility index (Phi) is 7.67. The highest BCUT2D eigenvalue weighted by atomic mass is 35.5. The maximum atomic E-state index is 12.7. The van der Waals surface area contributed by atoms with Gasteiger partial charge >= 0.3 is 5.97 Å². The molecule has 0 saturated carbocycles. The molecular formula is C22H28ClN3O4. The number of nitrogens with one attached hydrogen (secondary N) is 1. The van der Waals surface area contributed by atoms with Crippen LogP contribution >= 0.6 is 11.6 Å². The highest BCUT2D eigenvalue weighted by molar-refractivity contribution is 6.30. The molecule has 1 N–H and O–H groups in total. The predicted molar refractivity (Wildman–Crippen MR) is 118 cm³/mol. The number of aryl methyl sites for hydroxylation is 3. The standard InChI is InChI=1S/C22H28ClN3O4/c1-8-16(21(27)26(5)6)25-17-11-14(4)24-20(18(17)22(28)29-7)30-19-12(2)9-15(23)10-13(19)3/h9-11,16H,8H2,1-7H3,(H,24,25). The van der Waals surface area contributed by atoms with E-state index in [4.69, 9.17) is 21.1 Å². The van der Waals surface area contributed by atoms with Crippen molar-refractivity contribution in [1.82, 2.24) is 9.88 Å². The molecule has 1 atom stereocenters. The van der Waals surface area contributed by atoms with Gasteiger partial charge in [-0.15, -0.1) is 0 Å². The van der Waals surface area contributed by atoms with Gasteiger partial charge in [0.15, 0.2) is 0 Å². The number of aromatic nitrogens is 1. The first-order chi connectivity index (χ1) is 14.1. The number of methoxy groups -OCH3 is 1. The number of benzene rings is 1. The number of esters is 1. The number of likely N-dealkylation sites (N-methyl/N-ethyl adjacent to an activating group) is 1. The number of rotatable bonds is 7. The molecule has 2 rings (SSSR count). The minimum atomic E-state index is -0.614. The number of pyridine rings is 1. The average Bonchev–Trinajstić information content (AvgIpc) is 2.67. The Morgan fingerprint density at radius 2 is 1.77 bits per heavy atom. The average molecular weight is 434 g/mol. The van der Waals surface area contributed by atoms with Crippen molar-refractivity contribution < 1.29 is 19.1 Å². The summed E-state index contributed by atoms with van der Waals surface area (Å²) in [6, 6.07) is 4.74. The zero-order valence-corrected chi connectivity index (χ0v) is 19.2. The zero-order valence-electron chi connectivity index (χ0n) is 18.4. The van der Waals surface area contributed by atoms with Crippen LogP contribution in [0.4, 0.5) is 5.69 Å². The molecule has 0 spiro atoms. The molecule has 0 saturated heterocycles. The maximum absolute atomic E-state index is 12.7. The number of hydrogen-bond donors (Lipinski definition) is 1. The third kappa shape index (κ3) is 5.21. The monoisotopic (exact) mass is 433 g/mol. The fourth-order valence-electron chi connectivity index (χ4n) is 3.12. The molecule has 0 fully saturated rings. The Morgan fingerprint density at radius 1 is 1.17 bits per heavy atom. The Morgan fingerprint density at radius 3 is 2.27 bits per heavy atom. The molecule has 1 aromatic carbocycles. The van der Waals surface area contributed by atoms with Gasteiger partial charge in [0.1, 0.15) is 17.4 Å². The third-order valence-electron chi connectivity index (χ3n) is 4.60. The highest BCUT2D eigenvalue weighted by Gasteiger charge is 2.26. The van der Waals surface area contributed by atoms with Crippen molar-refractivity contribution in [3.05, 3.63) is 45.6 Å². The zero-order chi connectivity index (χ0) is 22.6. The van der Waals surface area contributed by atoms with Crippen LogP contribution in [-0.4, -0.2) is 49.0 Å². The van der Waals surface area contributed by atoms with E-state index in [9.17, 15) is 9.59 Å². The van der Waals surface area contributed by atoms with Crippen LogP contribution in [0, 0.1) is 20.8 Å². The van der Waals surface area contributed by atoms with Crippen LogP contribution in [0.15, 0.2) is 18.2 Å². The highest BCUT2D eigenvalue weighted by Crippen LogP contribution is 2.35. The van der Waals surface area contributed by atoms with Gasteiger partial charge in [-0.1, -0.05) is 18.5 Å². The summed E-state index contributed by atoms with van der Waals surface area (Å²) in [5.41, 5.74) is 2.79. The molecule has 0 bridgehead atoms. The van der Waals surface area contributed by atoms with Crippen molar-refractivity contribution in [1.29, 1.82) is 0 Å². The summed E-state index contributed by atoms with van der Waals surface area (Å²) in [5, 5.41) is 3.76. The summed E-state index contributed by atoms with van der Waals surface area (Å²) in [4.78, 5) is 31.1. The summed E-state index contributed by atoms with van der Waals surface area (Å²) < 4.78 is 11.1. The van der Waals surface area contributed by atoms with Crippen molar-refractivity contribution in [3.8, 4) is 11.6 Å². The molecule has 0 aliphatic carbocycles. The van der Waals surface area contributed by atoms with Crippen molar-refractivity contribution in [2.45, 2.75) is 40.2 Å². The van der Waals surface area contributed by atoms with Gasteiger partial charge in [-0.25, -0.2) is 9.78 Å². The normalized spacial score (nSPS) is 11.6. The van der Waals surface area contributed by atoms with E-state index >= 15 is 0 Å². The molecule has 8 heteroatoms. The molecular weight excluding hydrogens is 406 g/mol. The first-order valence-corrected chi connectivity index (χ1v) is 9.99. The fourth-order valence-corrected chi connectivity index (χ4v) is 3.45. The molecule has 162 valence electrons. The minimum Gasteiger partial charge on any atom is -0.465 e. The largest absolute Gasteiger partial charge is 0.465 e. The summed E-state index contributed by atoms with van der Waals surface area (Å²) in [7, 11) is 4.66. The molecule has 1 unspecified atom stereocenters. The first-order valence-electron chi connectivity index (χ1n) is 9.61. The summed E-state index contributed by atoms with van der Waals surface area (Å²) in [6.07, 6.45) is 0.532. The first kappa shape index (κ1) is 23.5. The van der Waals surface area contributed by atoms with Crippen LogP contribution in [0.1, 0.15) is 40.5 Å². The second-order valence-corrected chi connectivity index (χ2v) is 7.73. The van der Waals surface area contributed by atoms with Gasteiger partial charge in [0, 0.05) is 24.8 Å². The molecule has 0 aliphatic heterocycles. The number of amides is 1. The van der Waals surface area contributed by atoms with Crippen LogP contribution in [0.25, 0.3) is 0 Å². The predicted octanol–water partition coefficient (Wildman–Crippen LogP) is 4.52.